The topological polar surface area (TPSA) is 44.8 Å². The largest absolute Gasteiger partial charge is 0.460 e. The number of benzene rings is 1. The zero-order valence-electron chi connectivity index (χ0n) is 13.5. The summed E-state index contributed by atoms with van der Waals surface area (Å²) >= 11 is 0. The summed E-state index contributed by atoms with van der Waals surface area (Å²) in [6.07, 6.45) is 4.18. The number of esters is 1. The smallest absolute Gasteiger partial charge is 0.411 e. The van der Waals surface area contributed by atoms with Crippen LogP contribution in [-0.4, -0.2) is 34.0 Å². The molecule has 0 aromatic heterocycles. The molecule has 5 heteroatoms. The fraction of sp³-hybridized carbons (Fsp3) is 0.471. The fourth-order valence-electron chi connectivity index (χ4n) is 1.94. The molecule has 0 aliphatic rings. The van der Waals surface area contributed by atoms with Crippen molar-refractivity contribution in [1.29, 1.82) is 0 Å². The summed E-state index contributed by atoms with van der Waals surface area (Å²) < 4.78 is 17.6. The predicted molar refractivity (Wildman–Crippen MR) is 90.1 cm³/mol. The number of carbonyl (C=O) groups is 1. The fourth-order valence-corrected chi connectivity index (χ4v) is 4.73. The molecule has 1 atom stereocenters. The Morgan fingerprint density at radius 3 is 2.41 bits per heavy atom. The standard InChI is InChI=1S/C17H26O4Si/c1-4-7-14-21-22(20-13-5-2,15-19-17(18)6-3)16-11-9-8-10-12-16/h6,8-12H,3-5,7,13-15H2,1-2H3. The zero-order valence-corrected chi connectivity index (χ0v) is 14.5. The van der Waals surface area contributed by atoms with E-state index in [0.717, 1.165) is 30.5 Å². The van der Waals surface area contributed by atoms with Crippen LogP contribution in [0.2, 0.25) is 0 Å². The van der Waals surface area contributed by atoms with E-state index >= 15 is 0 Å². The molecule has 4 nitrogen and oxygen atoms in total. The van der Waals surface area contributed by atoms with Gasteiger partial charge in [0.2, 0.25) is 0 Å². The molecule has 0 N–H and O–H groups in total. The van der Waals surface area contributed by atoms with Crippen molar-refractivity contribution in [3.63, 3.8) is 0 Å². The molecule has 22 heavy (non-hydrogen) atoms. The summed E-state index contributed by atoms with van der Waals surface area (Å²) in [5.74, 6) is -0.452. The van der Waals surface area contributed by atoms with E-state index in [9.17, 15) is 4.79 Å². The minimum absolute atomic E-state index is 0.144. The van der Waals surface area contributed by atoms with Gasteiger partial charge in [-0.05, 0) is 18.0 Å². The lowest BCUT2D eigenvalue weighted by Gasteiger charge is -2.30. The van der Waals surface area contributed by atoms with Gasteiger partial charge in [-0.15, -0.1) is 0 Å². The predicted octanol–water partition coefficient (Wildman–Crippen LogP) is 2.85. The van der Waals surface area contributed by atoms with Crippen molar-refractivity contribution in [1.82, 2.24) is 0 Å². The monoisotopic (exact) mass is 322 g/mol. The molecular weight excluding hydrogens is 296 g/mol. The van der Waals surface area contributed by atoms with Crippen LogP contribution in [0.15, 0.2) is 43.0 Å². The number of unbranched alkanes of at least 4 members (excludes halogenated alkanes) is 1. The van der Waals surface area contributed by atoms with Crippen molar-refractivity contribution < 1.29 is 18.4 Å². The summed E-state index contributed by atoms with van der Waals surface area (Å²) in [4.78, 5) is 11.5. The SMILES string of the molecule is C=CC(=O)OC[Si](OCCC)(OCCCC)c1ccccc1. The summed E-state index contributed by atoms with van der Waals surface area (Å²) in [7, 11) is -2.80. The number of rotatable bonds is 11. The summed E-state index contributed by atoms with van der Waals surface area (Å²) in [6, 6.07) is 9.81. The molecule has 1 aromatic rings. The van der Waals surface area contributed by atoms with Crippen LogP contribution >= 0.6 is 0 Å². The Hall–Kier alpha value is -1.43. The average Bonchev–Trinajstić information content (AvgIpc) is 2.57. The van der Waals surface area contributed by atoms with Crippen molar-refractivity contribution in [3.05, 3.63) is 43.0 Å². The van der Waals surface area contributed by atoms with Gasteiger partial charge in [-0.25, -0.2) is 4.79 Å². The van der Waals surface area contributed by atoms with Crippen LogP contribution in [0.5, 0.6) is 0 Å². The maximum atomic E-state index is 11.5. The molecule has 0 saturated carbocycles. The van der Waals surface area contributed by atoms with Crippen LogP contribution in [0.4, 0.5) is 0 Å². The maximum absolute atomic E-state index is 11.5. The second-order valence-electron chi connectivity index (χ2n) is 4.98. The van der Waals surface area contributed by atoms with Gasteiger partial charge in [-0.1, -0.05) is 57.2 Å². The first kappa shape index (κ1) is 18.6. The zero-order chi connectivity index (χ0) is 16.3. The Morgan fingerprint density at radius 1 is 1.14 bits per heavy atom. The lowest BCUT2D eigenvalue weighted by Crippen LogP contribution is -2.58. The average molecular weight is 322 g/mol. The Morgan fingerprint density at radius 2 is 1.82 bits per heavy atom. The molecule has 1 unspecified atom stereocenters. The van der Waals surface area contributed by atoms with E-state index in [1.807, 2.05) is 37.3 Å². The second kappa shape index (κ2) is 10.3. The van der Waals surface area contributed by atoms with E-state index < -0.39 is 14.5 Å². The third-order valence-electron chi connectivity index (χ3n) is 3.16. The van der Waals surface area contributed by atoms with Gasteiger partial charge in [-0.3, -0.25) is 0 Å². The number of hydrogen-bond donors (Lipinski definition) is 0. The van der Waals surface area contributed by atoms with Crippen molar-refractivity contribution in [2.45, 2.75) is 33.1 Å². The molecule has 0 spiro atoms. The van der Waals surface area contributed by atoms with Crippen molar-refractivity contribution in [2.24, 2.45) is 0 Å². The van der Waals surface area contributed by atoms with E-state index in [4.69, 9.17) is 13.6 Å². The first-order valence-corrected chi connectivity index (χ1v) is 9.83. The number of hydrogen-bond acceptors (Lipinski definition) is 4. The van der Waals surface area contributed by atoms with Crippen molar-refractivity contribution >= 4 is 19.7 Å². The minimum Gasteiger partial charge on any atom is -0.460 e. The summed E-state index contributed by atoms with van der Waals surface area (Å²) in [5, 5.41) is 0.983. The Bertz CT molecular complexity index is 449. The highest BCUT2D eigenvalue weighted by Gasteiger charge is 2.42. The van der Waals surface area contributed by atoms with Gasteiger partial charge >= 0.3 is 14.5 Å². The molecule has 1 aromatic carbocycles. The van der Waals surface area contributed by atoms with E-state index in [2.05, 4.69) is 13.5 Å². The molecule has 0 aliphatic heterocycles. The summed E-state index contributed by atoms with van der Waals surface area (Å²) in [5.41, 5.74) is 0. The molecular formula is C17H26O4Si. The lowest BCUT2D eigenvalue weighted by molar-refractivity contribution is -0.136. The van der Waals surface area contributed by atoms with Crippen molar-refractivity contribution in [3.8, 4) is 0 Å². The van der Waals surface area contributed by atoms with Crippen molar-refractivity contribution in [2.75, 3.05) is 19.4 Å². The number of carbonyl (C=O) groups excluding carboxylic acids is 1. The molecule has 0 amide bonds. The van der Waals surface area contributed by atoms with Gasteiger partial charge in [0.25, 0.3) is 0 Å². The molecule has 122 valence electrons. The van der Waals surface area contributed by atoms with Crippen LogP contribution in [0.3, 0.4) is 0 Å². The van der Waals surface area contributed by atoms with Gasteiger partial charge < -0.3 is 13.6 Å². The second-order valence-corrected chi connectivity index (χ2v) is 7.93. The Balaban J connectivity index is 2.99. The van der Waals surface area contributed by atoms with E-state index in [-0.39, 0.29) is 6.23 Å². The van der Waals surface area contributed by atoms with Crippen LogP contribution in [-0.2, 0) is 18.4 Å². The van der Waals surface area contributed by atoms with Crippen LogP contribution in [0.1, 0.15) is 33.1 Å². The van der Waals surface area contributed by atoms with Gasteiger partial charge in [-0.2, -0.15) is 0 Å². The Kier molecular flexibility index (Phi) is 8.73. The van der Waals surface area contributed by atoms with Crippen LogP contribution < -0.4 is 5.19 Å². The first-order valence-electron chi connectivity index (χ1n) is 7.81. The highest BCUT2D eigenvalue weighted by molar-refractivity contribution is 6.81. The Labute approximate surface area is 134 Å². The van der Waals surface area contributed by atoms with E-state index in [1.165, 1.54) is 0 Å². The normalized spacial score (nSPS) is 13.4. The molecule has 0 bridgehead atoms. The van der Waals surface area contributed by atoms with Crippen LogP contribution in [0.25, 0.3) is 0 Å². The summed E-state index contributed by atoms with van der Waals surface area (Å²) in [6.45, 7) is 8.78. The third-order valence-corrected chi connectivity index (χ3v) is 6.24. The molecule has 0 saturated heterocycles. The highest BCUT2D eigenvalue weighted by Crippen LogP contribution is 2.12. The van der Waals surface area contributed by atoms with Crippen LogP contribution in [0, 0.1) is 0 Å². The van der Waals surface area contributed by atoms with Gasteiger partial charge in [0.1, 0.15) is 6.23 Å². The number of ether oxygens (including phenoxy) is 1. The van der Waals surface area contributed by atoms with Gasteiger partial charge in [0.15, 0.2) is 0 Å². The van der Waals surface area contributed by atoms with Gasteiger partial charge in [0, 0.05) is 19.3 Å². The first-order chi connectivity index (χ1) is 10.7. The molecule has 0 aliphatic carbocycles. The van der Waals surface area contributed by atoms with Gasteiger partial charge in [0.05, 0.1) is 0 Å². The highest BCUT2D eigenvalue weighted by atomic mass is 28.4. The maximum Gasteiger partial charge on any atom is 0.411 e. The van der Waals surface area contributed by atoms with E-state index in [1.54, 1.807) is 0 Å². The molecule has 0 heterocycles. The lowest BCUT2D eigenvalue weighted by atomic mass is 10.4. The molecule has 0 radical (unpaired) electrons. The molecule has 1 rings (SSSR count). The third kappa shape index (κ3) is 5.75. The molecule has 0 fully saturated rings. The van der Waals surface area contributed by atoms with E-state index in [0.29, 0.717) is 13.2 Å². The quantitative estimate of drug-likeness (QED) is 0.272. The minimum atomic E-state index is -2.80.